The van der Waals surface area contributed by atoms with E-state index in [1.54, 1.807) is 24.3 Å². The van der Waals surface area contributed by atoms with E-state index in [1.807, 2.05) is 0 Å². The summed E-state index contributed by atoms with van der Waals surface area (Å²) in [5.41, 5.74) is 0.629. The van der Waals surface area contributed by atoms with Crippen LogP contribution >= 0.6 is 0 Å². The van der Waals surface area contributed by atoms with Crippen molar-refractivity contribution in [3.05, 3.63) is 29.8 Å². The molecule has 3 rings (SSSR count). The van der Waals surface area contributed by atoms with Gasteiger partial charge in [-0.3, -0.25) is 4.79 Å². The first-order valence-electron chi connectivity index (χ1n) is 9.25. The Labute approximate surface area is 160 Å². The molecule has 2 aliphatic rings. The number of hydrogen-bond donors (Lipinski definition) is 1. The van der Waals surface area contributed by atoms with E-state index in [9.17, 15) is 13.2 Å². The molecule has 1 amide bonds. The first kappa shape index (κ1) is 19.9. The molecule has 1 aromatic carbocycles. The van der Waals surface area contributed by atoms with Crippen LogP contribution in [0.1, 0.15) is 31.2 Å². The third-order valence-corrected chi connectivity index (χ3v) is 6.82. The Morgan fingerprint density at radius 3 is 2.63 bits per heavy atom. The first-order chi connectivity index (χ1) is 13.0. The van der Waals surface area contributed by atoms with Crippen LogP contribution in [0.4, 0.5) is 0 Å². The number of hydrogen-bond acceptors (Lipinski definition) is 5. The van der Waals surface area contributed by atoms with Crippen molar-refractivity contribution in [1.82, 2.24) is 9.62 Å². The summed E-state index contributed by atoms with van der Waals surface area (Å²) in [7, 11) is -2.25. The number of nitrogens with one attached hydrogen (secondary N) is 1. The Balaban J connectivity index is 1.78. The lowest BCUT2D eigenvalue weighted by molar-refractivity contribution is -0.117. The van der Waals surface area contributed by atoms with Gasteiger partial charge in [0.05, 0.1) is 20.3 Å². The molecule has 0 radical (unpaired) electrons. The highest BCUT2D eigenvalue weighted by Gasteiger charge is 2.29. The fraction of sp³-hybridized carbons (Fsp3) is 0.526. The van der Waals surface area contributed by atoms with E-state index < -0.39 is 10.0 Å². The maximum absolute atomic E-state index is 13.0. The van der Waals surface area contributed by atoms with Crippen LogP contribution in [0.3, 0.4) is 0 Å². The summed E-state index contributed by atoms with van der Waals surface area (Å²) < 4.78 is 37.8. The number of amides is 1. The first-order valence-corrected chi connectivity index (χ1v) is 10.7. The zero-order valence-electron chi connectivity index (χ0n) is 15.5. The van der Waals surface area contributed by atoms with Gasteiger partial charge in [0.1, 0.15) is 10.6 Å². The highest BCUT2D eigenvalue weighted by Crippen LogP contribution is 2.29. The van der Waals surface area contributed by atoms with E-state index in [-0.39, 0.29) is 22.6 Å². The Hall–Kier alpha value is -1.90. The third-order valence-electron chi connectivity index (χ3n) is 4.90. The minimum Gasteiger partial charge on any atom is -0.495 e. The molecule has 1 heterocycles. The predicted molar refractivity (Wildman–Crippen MR) is 102 cm³/mol. The number of carbonyl (C=O) groups excluding carboxylic acids is 1. The second-order valence-electron chi connectivity index (χ2n) is 6.75. The summed E-state index contributed by atoms with van der Waals surface area (Å²) in [6.07, 6.45) is 7.41. The molecule has 0 aromatic heterocycles. The molecule has 1 saturated heterocycles. The van der Waals surface area contributed by atoms with E-state index in [1.165, 1.54) is 17.5 Å². The summed E-state index contributed by atoms with van der Waals surface area (Å²) in [6, 6.07) is 5.14. The van der Waals surface area contributed by atoms with Crippen LogP contribution in [0.2, 0.25) is 0 Å². The highest BCUT2D eigenvalue weighted by atomic mass is 32.2. The molecule has 0 atom stereocenters. The standard InChI is InChI=1S/C19H26N2O5S/c1-25-17-8-6-15(7-9-19(22)20-16-4-2-3-5-16)14-18(17)27(23,24)21-10-12-26-13-11-21/h6-9,14,16H,2-5,10-13H2,1H3,(H,20,22)/b9-7+. The molecule has 1 saturated carbocycles. The summed E-state index contributed by atoms with van der Waals surface area (Å²) >= 11 is 0. The number of rotatable bonds is 6. The number of ether oxygens (including phenoxy) is 2. The lowest BCUT2D eigenvalue weighted by Crippen LogP contribution is -2.40. The van der Waals surface area contributed by atoms with Crippen LogP contribution in [0.5, 0.6) is 5.75 Å². The predicted octanol–water partition coefficient (Wildman–Crippen LogP) is 1.79. The van der Waals surface area contributed by atoms with E-state index in [0.29, 0.717) is 31.9 Å². The Bertz CT molecular complexity index is 794. The van der Waals surface area contributed by atoms with Crippen LogP contribution in [0, 0.1) is 0 Å². The number of carbonyl (C=O) groups is 1. The number of nitrogens with zero attached hydrogens (tertiary/aromatic N) is 1. The molecule has 0 bridgehead atoms. The second-order valence-corrected chi connectivity index (χ2v) is 8.66. The lowest BCUT2D eigenvalue weighted by Gasteiger charge is -2.26. The second kappa shape index (κ2) is 8.86. The van der Waals surface area contributed by atoms with Crippen LogP contribution in [0.25, 0.3) is 6.08 Å². The van der Waals surface area contributed by atoms with E-state index in [0.717, 1.165) is 25.7 Å². The number of sulfonamides is 1. The van der Waals surface area contributed by atoms with Gasteiger partial charge in [0.15, 0.2) is 0 Å². The van der Waals surface area contributed by atoms with Gasteiger partial charge in [0.25, 0.3) is 0 Å². The fourth-order valence-electron chi connectivity index (χ4n) is 3.42. The number of morpholine rings is 1. The van der Waals surface area contributed by atoms with Crippen LogP contribution in [0.15, 0.2) is 29.2 Å². The normalized spacial score (nSPS) is 19.4. The SMILES string of the molecule is COc1ccc(/C=C/C(=O)NC2CCCC2)cc1S(=O)(=O)N1CCOCC1. The Morgan fingerprint density at radius 2 is 1.96 bits per heavy atom. The largest absolute Gasteiger partial charge is 0.495 e. The molecule has 8 heteroatoms. The summed E-state index contributed by atoms with van der Waals surface area (Å²) in [5.74, 6) is 0.129. The van der Waals surface area contributed by atoms with Gasteiger partial charge in [-0.25, -0.2) is 8.42 Å². The van der Waals surface area contributed by atoms with Crippen molar-refractivity contribution in [2.75, 3.05) is 33.4 Å². The maximum Gasteiger partial charge on any atom is 0.246 e. The van der Waals surface area contributed by atoms with Crippen molar-refractivity contribution in [2.24, 2.45) is 0 Å². The van der Waals surface area contributed by atoms with Crippen molar-refractivity contribution >= 4 is 22.0 Å². The maximum atomic E-state index is 13.0. The lowest BCUT2D eigenvalue weighted by atomic mass is 10.2. The third kappa shape index (κ3) is 4.88. The molecule has 0 spiro atoms. The molecule has 1 aromatic rings. The van der Waals surface area contributed by atoms with Crippen molar-refractivity contribution in [2.45, 2.75) is 36.6 Å². The van der Waals surface area contributed by atoms with Crippen LogP contribution < -0.4 is 10.1 Å². The van der Waals surface area contributed by atoms with Crippen molar-refractivity contribution in [3.8, 4) is 5.75 Å². The van der Waals surface area contributed by atoms with E-state index >= 15 is 0 Å². The molecule has 148 valence electrons. The van der Waals surface area contributed by atoms with Gasteiger partial charge in [-0.2, -0.15) is 4.31 Å². The van der Waals surface area contributed by atoms with Crippen molar-refractivity contribution in [3.63, 3.8) is 0 Å². The molecule has 2 fully saturated rings. The van der Waals surface area contributed by atoms with Crippen LogP contribution in [-0.2, 0) is 19.6 Å². The monoisotopic (exact) mass is 394 g/mol. The summed E-state index contributed by atoms with van der Waals surface area (Å²) in [4.78, 5) is 12.2. The summed E-state index contributed by atoms with van der Waals surface area (Å²) in [5, 5.41) is 2.98. The molecule has 1 N–H and O–H groups in total. The quantitative estimate of drug-likeness (QED) is 0.744. The van der Waals surface area contributed by atoms with Crippen molar-refractivity contribution in [1.29, 1.82) is 0 Å². The number of benzene rings is 1. The average Bonchev–Trinajstić information content (AvgIpc) is 3.19. The van der Waals surface area contributed by atoms with Gasteiger partial charge < -0.3 is 14.8 Å². The molecule has 0 unspecified atom stereocenters. The Kier molecular flexibility index (Phi) is 6.51. The molecule has 27 heavy (non-hydrogen) atoms. The zero-order valence-corrected chi connectivity index (χ0v) is 16.3. The van der Waals surface area contributed by atoms with E-state index in [4.69, 9.17) is 9.47 Å². The minimum absolute atomic E-state index is 0.102. The van der Waals surface area contributed by atoms with Gasteiger partial charge in [0.2, 0.25) is 15.9 Å². The molecule has 1 aliphatic heterocycles. The number of methoxy groups -OCH3 is 1. The smallest absolute Gasteiger partial charge is 0.246 e. The van der Waals surface area contributed by atoms with Crippen LogP contribution in [-0.4, -0.2) is 58.1 Å². The fourth-order valence-corrected chi connectivity index (χ4v) is 5.01. The topological polar surface area (TPSA) is 84.9 Å². The van der Waals surface area contributed by atoms with Gasteiger partial charge in [-0.15, -0.1) is 0 Å². The molecular weight excluding hydrogens is 368 g/mol. The highest BCUT2D eigenvalue weighted by molar-refractivity contribution is 7.89. The average molecular weight is 394 g/mol. The zero-order chi connectivity index (χ0) is 19.3. The van der Waals surface area contributed by atoms with Gasteiger partial charge >= 0.3 is 0 Å². The molecule has 7 nitrogen and oxygen atoms in total. The minimum atomic E-state index is -3.69. The summed E-state index contributed by atoms with van der Waals surface area (Å²) in [6.45, 7) is 1.38. The van der Waals surface area contributed by atoms with Gasteiger partial charge in [0, 0.05) is 25.2 Å². The Morgan fingerprint density at radius 1 is 1.26 bits per heavy atom. The molecule has 1 aliphatic carbocycles. The molecular formula is C19H26N2O5S. The van der Waals surface area contributed by atoms with Gasteiger partial charge in [-0.05, 0) is 36.6 Å². The van der Waals surface area contributed by atoms with Gasteiger partial charge in [-0.1, -0.05) is 18.9 Å². The van der Waals surface area contributed by atoms with Crippen molar-refractivity contribution < 1.29 is 22.7 Å². The van der Waals surface area contributed by atoms with E-state index in [2.05, 4.69) is 5.32 Å².